The van der Waals surface area contributed by atoms with Crippen molar-refractivity contribution in [3.63, 3.8) is 0 Å². The molecule has 1 heterocycles. The zero-order valence-corrected chi connectivity index (χ0v) is 20.9. The quantitative estimate of drug-likeness (QED) is 0.244. The van der Waals surface area contributed by atoms with Crippen LogP contribution in [0.25, 0.3) is 0 Å². The Bertz CT molecular complexity index is 981. The van der Waals surface area contributed by atoms with Crippen LogP contribution in [-0.2, 0) is 6.42 Å². The van der Waals surface area contributed by atoms with Gasteiger partial charge < -0.3 is 0 Å². The van der Waals surface area contributed by atoms with Crippen molar-refractivity contribution in [3.05, 3.63) is 107 Å². The monoisotopic (exact) mass is 453 g/mol. The van der Waals surface area contributed by atoms with Crippen LogP contribution in [0.2, 0.25) is 0 Å². The second-order valence-corrected chi connectivity index (χ2v) is 9.41. The number of benzene rings is 3. The van der Waals surface area contributed by atoms with Gasteiger partial charge in [0.15, 0.2) is 0 Å². The van der Waals surface area contributed by atoms with Crippen molar-refractivity contribution in [2.24, 2.45) is 5.10 Å². The van der Waals surface area contributed by atoms with Gasteiger partial charge in [-0.1, -0.05) is 105 Å². The summed E-state index contributed by atoms with van der Waals surface area (Å²) in [5.41, 5.74) is 6.52. The Morgan fingerprint density at radius 3 is 2.03 bits per heavy atom. The summed E-state index contributed by atoms with van der Waals surface area (Å²) in [4.78, 5) is 2.60. The van der Waals surface area contributed by atoms with Crippen LogP contribution >= 0.6 is 0 Å². The molecule has 34 heavy (non-hydrogen) atoms. The molecule has 3 aromatic rings. The van der Waals surface area contributed by atoms with E-state index in [2.05, 4.69) is 109 Å². The van der Waals surface area contributed by atoms with Gasteiger partial charge in [-0.3, -0.25) is 9.91 Å². The first-order chi connectivity index (χ1) is 16.7. The summed E-state index contributed by atoms with van der Waals surface area (Å²) in [5, 5.41) is 7.28. The van der Waals surface area contributed by atoms with Crippen LogP contribution in [0.1, 0.15) is 67.8 Å². The Labute approximate surface area is 206 Å². The van der Waals surface area contributed by atoms with E-state index < -0.39 is 0 Å². The molecule has 3 heteroatoms. The molecule has 0 radical (unpaired) electrons. The predicted octanol–water partition coefficient (Wildman–Crippen LogP) is 6.94. The number of unbranched alkanes of at least 4 members (excludes halogenated alkanes) is 3. The molecule has 0 aliphatic carbocycles. The summed E-state index contributed by atoms with van der Waals surface area (Å²) >= 11 is 0. The highest BCUT2D eigenvalue weighted by atomic mass is 15.5. The Morgan fingerprint density at radius 2 is 1.41 bits per heavy atom. The summed E-state index contributed by atoms with van der Waals surface area (Å²) < 4.78 is 0. The fraction of sp³-hybridized carbons (Fsp3) is 0.387. The molecule has 0 saturated carbocycles. The van der Waals surface area contributed by atoms with Crippen molar-refractivity contribution in [1.29, 1.82) is 0 Å². The lowest BCUT2D eigenvalue weighted by Gasteiger charge is -2.39. The van der Waals surface area contributed by atoms with Gasteiger partial charge in [-0.15, -0.1) is 0 Å². The predicted molar refractivity (Wildman–Crippen MR) is 144 cm³/mol. The maximum Gasteiger partial charge on any atom is 0.0646 e. The molecule has 0 atom stereocenters. The normalized spacial score (nSPS) is 15.1. The number of piperazine rings is 1. The standard InChI is InChI=1S/C31H39N3/c1-3-4-5-8-14-27-15-13-20-30(25-27)26(2)32-34-23-21-33(22-24-34)31(28-16-9-6-10-17-28)29-18-11-7-12-19-29/h6-7,9-13,15-20,25,31H,3-5,8,14,21-24H2,1-2H3/b32-26-. The molecule has 1 aliphatic heterocycles. The zero-order valence-electron chi connectivity index (χ0n) is 20.9. The van der Waals surface area contributed by atoms with Crippen molar-refractivity contribution in [3.8, 4) is 0 Å². The van der Waals surface area contributed by atoms with Gasteiger partial charge in [0.05, 0.1) is 11.8 Å². The molecule has 178 valence electrons. The highest BCUT2D eigenvalue weighted by molar-refractivity contribution is 5.98. The molecule has 3 aromatic carbocycles. The van der Waals surface area contributed by atoms with Gasteiger partial charge in [0, 0.05) is 26.2 Å². The number of aryl methyl sites for hydroxylation is 1. The number of hydrogen-bond acceptors (Lipinski definition) is 3. The minimum absolute atomic E-state index is 0.291. The molecular formula is C31H39N3. The van der Waals surface area contributed by atoms with Gasteiger partial charge in [-0.25, -0.2) is 0 Å². The highest BCUT2D eigenvalue weighted by Crippen LogP contribution is 2.29. The average Bonchev–Trinajstić information content (AvgIpc) is 2.89. The molecule has 0 unspecified atom stereocenters. The van der Waals surface area contributed by atoms with Crippen molar-refractivity contribution < 1.29 is 0 Å². The second kappa shape index (κ2) is 12.5. The third-order valence-electron chi connectivity index (χ3n) is 6.84. The summed E-state index contributed by atoms with van der Waals surface area (Å²) in [5.74, 6) is 0. The number of hydrazone groups is 1. The molecule has 0 bridgehead atoms. The zero-order chi connectivity index (χ0) is 23.6. The average molecular weight is 454 g/mol. The Balaban J connectivity index is 1.40. The van der Waals surface area contributed by atoms with Crippen LogP contribution in [0.3, 0.4) is 0 Å². The minimum atomic E-state index is 0.291. The van der Waals surface area contributed by atoms with Crippen molar-refractivity contribution in [2.45, 2.75) is 52.0 Å². The number of rotatable bonds is 10. The van der Waals surface area contributed by atoms with E-state index in [9.17, 15) is 0 Å². The molecule has 0 spiro atoms. The summed E-state index contributed by atoms with van der Waals surface area (Å²) in [7, 11) is 0. The third-order valence-corrected chi connectivity index (χ3v) is 6.84. The third kappa shape index (κ3) is 6.57. The number of hydrogen-bond donors (Lipinski definition) is 0. The lowest BCUT2D eigenvalue weighted by Crippen LogP contribution is -2.46. The van der Waals surface area contributed by atoms with Gasteiger partial charge in [-0.05, 0) is 48.1 Å². The first-order valence-corrected chi connectivity index (χ1v) is 13.0. The van der Waals surface area contributed by atoms with E-state index in [1.54, 1.807) is 0 Å². The van der Waals surface area contributed by atoms with Gasteiger partial charge >= 0.3 is 0 Å². The largest absolute Gasteiger partial charge is 0.294 e. The second-order valence-electron chi connectivity index (χ2n) is 9.41. The van der Waals surface area contributed by atoms with E-state index in [-0.39, 0.29) is 0 Å². The fourth-order valence-corrected chi connectivity index (χ4v) is 4.93. The molecule has 1 saturated heterocycles. The molecule has 1 fully saturated rings. The van der Waals surface area contributed by atoms with Crippen molar-refractivity contribution in [1.82, 2.24) is 9.91 Å². The van der Waals surface area contributed by atoms with Crippen LogP contribution in [0, 0.1) is 0 Å². The van der Waals surface area contributed by atoms with Crippen molar-refractivity contribution in [2.75, 3.05) is 26.2 Å². The van der Waals surface area contributed by atoms with E-state index >= 15 is 0 Å². The fourth-order valence-electron chi connectivity index (χ4n) is 4.93. The molecule has 1 aliphatic rings. The highest BCUT2D eigenvalue weighted by Gasteiger charge is 2.26. The summed E-state index contributed by atoms with van der Waals surface area (Å²) in [6.07, 6.45) is 6.39. The molecule has 4 rings (SSSR count). The van der Waals surface area contributed by atoms with Crippen molar-refractivity contribution >= 4 is 5.71 Å². The molecule has 0 amide bonds. The topological polar surface area (TPSA) is 18.8 Å². The Hall–Kier alpha value is -2.91. The Morgan fingerprint density at radius 1 is 0.765 bits per heavy atom. The van der Waals surface area contributed by atoms with E-state index in [1.165, 1.54) is 54.4 Å². The first-order valence-electron chi connectivity index (χ1n) is 13.0. The number of nitrogens with zero attached hydrogens (tertiary/aromatic N) is 3. The van der Waals surface area contributed by atoms with Gasteiger partial charge in [-0.2, -0.15) is 5.10 Å². The van der Waals surface area contributed by atoms with E-state index in [0.717, 1.165) is 31.9 Å². The maximum atomic E-state index is 5.02. The smallest absolute Gasteiger partial charge is 0.0646 e. The SMILES string of the molecule is CCCCCCc1cccc(/C(C)=N\N2CCN(C(c3ccccc3)c3ccccc3)CC2)c1. The Kier molecular flexibility index (Phi) is 8.92. The van der Waals surface area contributed by atoms with Crippen LogP contribution < -0.4 is 0 Å². The maximum absolute atomic E-state index is 5.02. The van der Waals surface area contributed by atoms with Crippen LogP contribution in [0.5, 0.6) is 0 Å². The summed E-state index contributed by atoms with van der Waals surface area (Å²) in [6, 6.07) is 31.1. The van der Waals surface area contributed by atoms with Crippen LogP contribution in [-0.4, -0.2) is 41.8 Å². The van der Waals surface area contributed by atoms with E-state index in [1.807, 2.05) is 0 Å². The first kappa shape index (κ1) is 24.2. The molecular weight excluding hydrogens is 414 g/mol. The lowest BCUT2D eigenvalue weighted by molar-refractivity contribution is 0.112. The van der Waals surface area contributed by atoms with Gasteiger partial charge in [0.2, 0.25) is 0 Å². The van der Waals surface area contributed by atoms with E-state index in [4.69, 9.17) is 5.10 Å². The summed E-state index contributed by atoms with van der Waals surface area (Å²) in [6.45, 7) is 8.32. The van der Waals surface area contributed by atoms with Crippen LogP contribution in [0.15, 0.2) is 90.0 Å². The lowest BCUT2D eigenvalue weighted by atomic mass is 9.96. The van der Waals surface area contributed by atoms with Crippen LogP contribution in [0.4, 0.5) is 0 Å². The molecule has 0 N–H and O–H groups in total. The van der Waals surface area contributed by atoms with Gasteiger partial charge in [0.1, 0.15) is 0 Å². The minimum Gasteiger partial charge on any atom is -0.294 e. The van der Waals surface area contributed by atoms with E-state index in [0.29, 0.717) is 6.04 Å². The molecule has 3 nitrogen and oxygen atoms in total. The van der Waals surface area contributed by atoms with Gasteiger partial charge in [0.25, 0.3) is 0 Å². The molecule has 0 aromatic heterocycles.